The largest absolute Gasteiger partial charge is 0.492 e. The van der Waals surface area contributed by atoms with E-state index in [0.717, 1.165) is 5.56 Å². The number of ether oxygens (including phenoxy) is 1. The first kappa shape index (κ1) is 10.2. The molecule has 0 unspecified atom stereocenters. The summed E-state index contributed by atoms with van der Waals surface area (Å²) in [7, 11) is 0. The zero-order valence-corrected chi connectivity index (χ0v) is 9.10. The summed E-state index contributed by atoms with van der Waals surface area (Å²) in [6.07, 6.45) is 0. The van der Waals surface area contributed by atoms with Crippen LogP contribution in [-0.4, -0.2) is 6.61 Å². The Labute approximate surface area is 86.2 Å². The lowest BCUT2D eigenvalue weighted by Gasteiger charge is -2.11. The van der Waals surface area contributed by atoms with Crippen LogP contribution in [0, 0.1) is 0 Å². The lowest BCUT2D eigenvalue weighted by Crippen LogP contribution is -2.03. The molecule has 0 heterocycles. The third-order valence-corrected chi connectivity index (χ3v) is 2.39. The van der Waals surface area contributed by atoms with Gasteiger partial charge < -0.3 is 16.2 Å². The van der Waals surface area contributed by atoms with Crippen molar-refractivity contribution in [3.8, 4) is 5.75 Å². The summed E-state index contributed by atoms with van der Waals surface area (Å²) in [5, 5.41) is 0.704. The Morgan fingerprint density at radius 2 is 2.00 bits per heavy atom. The van der Waals surface area contributed by atoms with E-state index in [2.05, 4.69) is 15.9 Å². The predicted octanol–water partition coefficient (Wildman–Crippen LogP) is 2.14. The average molecular weight is 245 g/mol. The van der Waals surface area contributed by atoms with Crippen LogP contribution in [0.15, 0.2) is 12.1 Å². The molecule has 3 nitrogen and oxygen atoms in total. The van der Waals surface area contributed by atoms with Crippen LogP contribution in [0.2, 0.25) is 0 Å². The minimum atomic E-state index is 0.527. The van der Waals surface area contributed by atoms with E-state index < -0.39 is 0 Å². The van der Waals surface area contributed by atoms with E-state index >= 15 is 0 Å². The van der Waals surface area contributed by atoms with Gasteiger partial charge >= 0.3 is 0 Å². The topological polar surface area (TPSA) is 61.3 Å². The maximum Gasteiger partial charge on any atom is 0.144 e. The molecular weight excluding hydrogens is 232 g/mol. The van der Waals surface area contributed by atoms with Crippen molar-refractivity contribution in [2.75, 3.05) is 18.1 Å². The normalized spacial score (nSPS) is 10.0. The standard InChI is InChI=1S/C9H13BrN2O/c1-2-13-7-4-3-6(5-10)8(11)9(7)12/h3-4H,2,5,11-12H2,1H3. The molecule has 0 saturated heterocycles. The molecule has 0 bridgehead atoms. The molecule has 4 heteroatoms. The first-order valence-corrected chi connectivity index (χ1v) is 5.18. The molecule has 13 heavy (non-hydrogen) atoms. The van der Waals surface area contributed by atoms with Crippen molar-refractivity contribution in [3.05, 3.63) is 17.7 Å². The lowest BCUT2D eigenvalue weighted by molar-refractivity contribution is 0.342. The molecule has 0 amide bonds. The number of hydrogen-bond donors (Lipinski definition) is 2. The Hall–Kier alpha value is -0.900. The van der Waals surface area contributed by atoms with Gasteiger partial charge in [0.15, 0.2) is 0 Å². The molecule has 0 saturated carbocycles. The highest BCUT2D eigenvalue weighted by molar-refractivity contribution is 9.08. The Bertz CT molecular complexity index is 302. The van der Waals surface area contributed by atoms with Gasteiger partial charge in [-0.25, -0.2) is 0 Å². The van der Waals surface area contributed by atoms with Gasteiger partial charge in [0, 0.05) is 5.33 Å². The molecule has 1 aromatic carbocycles. The van der Waals surface area contributed by atoms with Gasteiger partial charge in [-0.05, 0) is 18.6 Å². The van der Waals surface area contributed by atoms with Crippen LogP contribution in [0.1, 0.15) is 12.5 Å². The Morgan fingerprint density at radius 1 is 1.31 bits per heavy atom. The van der Waals surface area contributed by atoms with Crippen molar-refractivity contribution >= 4 is 27.3 Å². The number of benzene rings is 1. The van der Waals surface area contributed by atoms with Crippen LogP contribution < -0.4 is 16.2 Å². The van der Waals surface area contributed by atoms with Gasteiger partial charge in [0.25, 0.3) is 0 Å². The molecule has 0 spiro atoms. The highest BCUT2D eigenvalue weighted by Crippen LogP contribution is 2.31. The van der Waals surface area contributed by atoms with Gasteiger partial charge in [0.2, 0.25) is 0 Å². The number of nitrogen functional groups attached to an aromatic ring is 2. The second-order valence-corrected chi connectivity index (χ2v) is 3.18. The number of alkyl halides is 1. The molecule has 0 aliphatic carbocycles. The Kier molecular flexibility index (Phi) is 3.42. The van der Waals surface area contributed by atoms with E-state index in [4.69, 9.17) is 16.2 Å². The fourth-order valence-electron chi connectivity index (χ4n) is 1.06. The summed E-state index contributed by atoms with van der Waals surface area (Å²) < 4.78 is 5.30. The van der Waals surface area contributed by atoms with Crippen LogP contribution in [-0.2, 0) is 5.33 Å². The molecule has 0 aliphatic heterocycles. The van der Waals surface area contributed by atoms with Crippen LogP contribution >= 0.6 is 15.9 Å². The molecule has 4 N–H and O–H groups in total. The fraction of sp³-hybridized carbons (Fsp3) is 0.333. The summed E-state index contributed by atoms with van der Waals surface area (Å²) >= 11 is 3.33. The van der Waals surface area contributed by atoms with E-state index in [1.54, 1.807) is 0 Å². The zero-order chi connectivity index (χ0) is 9.84. The molecule has 0 aromatic heterocycles. The van der Waals surface area contributed by atoms with Crippen molar-refractivity contribution < 1.29 is 4.74 Å². The molecule has 72 valence electrons. The van der Waals surface area contributed by atoms with E-state index in [1.165, 1.54) is 0 Å². The van der Waals surface area contributed by atoms with Crippen LogP contribution in [0.4, 0.5) is 11.4 Å². The lowest BCUT2D eigenvalue weighted by atomic mass is 10.1. The van der Waals surface area contributed by atoms with Gasteiger partial charge in [-0.2, -0.15) is 0 Å². The quantitative estimate of drug-likeness (QED) is 0.633. The minimum absolute atomic E-state index is 0.527. The van der Waals surface area contributed by atoms with Crippen molar-refractivity contribution in [3.63, 3.8) is 0 Å². The van der Waals surface area contributed by atoms with Crippen molar-refractivity contribution in [1.29, 1.82) is 0 Å². The summed E-state index contributed by atoms with van der Waals surface area (Å²) in [6.45, 7) is 2.51. The first-order chi connectivity index (χ1) is 6.20. The third kappa shape index (κ3) is 2.06. The van der Waals surface area contributed by atoms with Gasteiger partial charge in [-0.1, -0.05) is 22.0 Å². The summed E-state index contributed by atoms with van der Waals surface area (Å²) in [4.78, 5) is 0. The average Bonchev–Trinajstić information content (AvgIpc) is 2.14. The van der Waals surface area contributed by atoms with Gasteiger partial charge in [0.05, 0.1) is 18.0 Å². The number of hydrogen-bond acceptors (Lipinski definition) is 3. The van der Waals surface area contributed by atoms with Crippen molar-refractivity contribution in [2.45, 2.75) is 12.3 Å². The van der Waals surface area contributed by atoms with Gasteiger partial charge in [-0.3, -0.25) is 0 Å². The zero-order valence-electron chi connectivity index (χ0n) is 7.51. The van der Waals surface area contributed by atoms with E-state index in [0.29, 0.717) is 29.1 Å². The van der Waals surface area contributed by atoms with Crippen LogP contribution in [0.3, 0.4) is 0 Å². The maximum atomic E-state index is 5.79. The molecule has 1 aromatic rings. The Balaban J connectivity index is 3.07. The molecule has 0 aliphatic rings. The predicted molar refractivity (Wildman–Crippen MR) is 59.1 cm³/mol. The maximum absolute atomic E-state index is 5.79. The smallest absolute Gasteiger partial charge is 0.144 e. The SMILES string of the molecule is CCOc1ccc(CBr)c(N)c1N. The third-order valence-electron chi connectivity index (χ3n) is 1.78. The van der Waals surface area contributed by atoms with Crippen molar-refractivity contribution in [2.24, 2.45) is 0 Å². The molecule has 1 rings (SSSR count). The van der Waals surface area contributed by atoms with E-state index in [9.17, 15) is 0 Å². The summed E-state index contributed by atoms with van der Waals surface area (Å²) in [5.74, 6) is 0.657. The van der Waals surface area contributed by atoms with Crippen molar-refractivity contribution in [1.82, 2.24) is 0 Å². The Morgan fingerprint density at radius 3 is 2.54 bits per heavy atom. The first-order valence-electron chi connectivity index (χ1n) is 4.06. The molecule has 0 fully saturated rings. The second kappa shape index (κ2) is 4.37. The minimum Gasteiger partial charge on any atom is -0.492 e. The van der Waals surface area contributed by atoms with Gasteiger partial charge in [-0.15, -0.1) is 0 Å². The van der Waals surface area contributed by atoms with Gasteiger partial charge in [0.1, 0.15) is 5.75 Å². The van der Waals surface area contributed by atoms with Crippen LogP contribution in [0.25, 0.3) is 0 Å². The molecule has 0 radical (unpaired) electrons. The fourth-order valence-corrected chi connectivity index (χ4v) is 1.55. The molecular formula is C9H13BrN2O. The number of halogens is 1. The number of anilines is 2. The summed E-state index contributed by atoms with van der Waals surface area (Å²) in [6, 6.07) is 3.75. The monoisotopic (exact) mass is 244 g/mol. The molecule has 0 atom stereocenters. The number of nitrogens with two attached hydrogens (primary N) is 2. The van der Waals surface area contributed by atoms with E-state index in [1.807, 2.05) is 19.1 Å². The number of rotatable bonds is 3. The highest BCUT2D eigenvalue weighted by Gasteiger charge is 2.07. The second-order valence-electron chi connectivity index (χ2n) is 2.62. The van der Waals surface area contributed by atoms with Crippen LogP contribution in [0.5, 0.6) is 5.75 Å². The highest BCUT2D eigenvalue weighted by atomic mass is 79.9. The van der Waals surface area contributed by atoms with E-state index in [-0.39, 0.29) is 0 Å². The summed E-state index contributed by atoms with van der Waals surface area (Å²) in [5.41, 5.74) is 13.7.